The largest absolute Gasteiger partial charge is 0.324 e. The summed E-state index contributed by atoms with van der Waals surface area (Å²) >= 11 is 0. The van der Waals surface area contributed by atoms with Gasteiger partial charge in [0.1, 0.15) is 10.9 Å². The first kappa shape index (κ1) is 22.8. The predicted molar refractivity (Wildman–Crippen MR) is 112 cm³/mol. The fourth-order valence-electron chi connectivity index (χ4n) is 2.66. The van der Waals surface area contributed by atoms with E-state index in [1.165, 1.54) is 61.3 Å². The van der Waals surface area contributed by atoms with E-state index >= 15 is 0 Å². The van der Waals surface area contributed by atoms with Crippen molar-refractivity contribution >= 4 is 44.3 Å². The van der Waals surface area contributed by atoms with Gasteiger partial charge in [-0.2, -0.15) is 27.8 Å². The molecule has 3 aromatic rings. The highest BCUT2D eigenvalue weighted by Crippen LogP contribution is 2.43. The molecule has 0 radical (unpaired) electrons. The number of aromatic nitrogens is 3. The zero-order chi connectivity index (χ0) is 23.0. The molecule has 0 aliphatic rings. The van der Waals surface area contributed by atoms with Crippen molar-refractivity contribution in [1.82, 2.24) is 15.0 Å². The molecular weight excluding hydrogens is 453 g/mol. The molecule has 2 aromatic carbocycles. The van der Waals surface area contributed by atoms with Crippen molar-refractivity contribution in [3.8, 4) is 0 Å². The number of nitrogens with one attached hydrogen (secondary N) is 1. The maximum Gasteiger partial charge on any atom is 0.315 e. The van der Waals surface area contributed by atoms with Gasteiger partial charge in [0.05, 0.1) is 9.79 Å². The van der Waals surface area contributed by atoms with Gasteiger partial charge in [0.2, 0.25) is 11.9 Å². The van der Waals surface area contributed by atoms with Gasteiger partial charge < -0.3 is 23.9 Å². The molecule has 0 bridgehead atoms. The van der Waals surface area contributed by atoms with Crippen molar-refractivity contribution in [3.05, 3.63) is 54.1 Å². The summed E-state index contributed by atoms with van der Waals surface area (Å²) in [6, 6.07) is 9.44. The molecule has 31 heavy (non-hydrogen) atoms. The molecule has 3 rings (SSSR count). The summed E-state index contributed by atoms with van der Waals surface area (Å²) in [6.07, 6.45) is -1.08. The highest BCUT2D eigenvalue weighted by atomic mass is 32.3. The number of rotatable bonds is 6. The van der Waals surface area contributed by atoms with E-state index in [1.54, 1.807) is 0 Å². The smallest absolute Gasteiger partial charge is 0.315 e. The summed E-state index contributed by atoms with van der Waals surface area (Å²) in [4.78, 5) is 12.4. The number of anilines is 4. The molecule has 0 saturated heterocycles. The lowest BCUT2D eigenvalue weighted by Gasteiger charge is -2.21. The summed E-state index contributed by atoms with van der Waals surface area (Å²) in [5, 5.41) is 2.74. The lowest BCUT2D eigenvalue weighted by Crippen LogP contribution is -2.16. The molecule has 5 N–H and O–H groups in total. The first-order chi connectivity index (χ1) is 14.3. The van der Waals surface area contributed by atoms with Crippen molar-refractivity contribution in [2.75, 3.05) is 17.3 Å². The van der Waals surface area contributed by atoms with Crippen molar-refractivity contribution in [2.24, 2.45) is 0 Å². The van der Waals surface area contributed by atoms with Crippen LogP contribution in [0.3, 0.4) is 0 Å². The number of aryl methyl sites for hydroxylation is 1. The normalized spacial score (nSPS) is 12.5. The molecule has 0 spiro atoms. The van der Waals surface area contributed by atoms with E-state index in [2.05, 4.69) is 20.3 Å². The Morgan fingerprint density at radius 2 is 1.61 bits per heavy atom. The minimum atomic E-state index is -4.37. The predicted octanol–water partition coefficient (Wildman–Crippen LogP) is 3.66. The quantitative estimate of drug-likeness (QED) is 0.332. The average molecular weight is 471 g/mol. The van der Waals surface area contributed by atoms with Crippen LogP contribution in [-0.4, -0.2) is 48.6 Å². The molecule has 166 valence electrons. The van der Waals surface area contributed by atoms with Crippen LogP contribution in [0.4, 0.5) is 27.7 Å². The standard InChI is InChI=1S/C17H18FN5O6S2/c1-10-9-11(3-8-14(10)31(27,28)29)19-16-20-15(18)21-17(22-16)23(2)12-4-6-13(7-5-12)30(24,25)26/h3-9,24-26H,1-2H3,(H,27,28,29)(H,19,20,21,22). The van der Waals surface area contributed by atoms with Crippen LogP contribution >= 0.6 is 10.9 Å². The Kier molecular flexibility index (Phi) is 6.13. The van der Waals surface area contributed by atoms with E-state index in [0.717, 1.165) is 0 Å². The average Bonchev–Trinajstić information content (AvgIpc) is 2.65. The third-order valence-electron chi connectivity index (χ3n) is 4.15. The molecule has 0 unspecified atom stereocenters. The highest BCUT2D eigenvalue weighted by Gasteiger charge is 2.18. The number of halogens is 1. The maximum absolute atomic E-state index is 14.0. The third kappa shape index (κ3) is 5.43. The van der Waals surface area contributed by atoms with Gasteiger partial charge in [-0.3, -0.25) is 4.55 Å². The van der Waals surface area contributed by atoms with Crippen LogP contribution in [-0.2, 0) is 10.1 Å². The SMILES string of the molecule is Cc1cc(Nc2nc(F)nc(N(C)c3ccc(S(O)(O)O)cc3)n2)ccc1S(=O)(=O)O. The molecule has 0 saturated carbocycles. The van der Waals surface area contributed by atoms with E-state index in [9.17, 15) is 31.0 Å². The number of benzene rings is 2. The zero-order valence-corrected chi connectivity index (χ0v) is 17.8. The van der Waals surface area contributed by atoms with Crippen LogP contribution in [0.25, 0.3) is 0 Å². The second-order valence-electron chi connectivity index (χ2n) is 6.38. The van der Waals surface area contributed by atoms with Crippen molar-refractivity contribution in [3.63, 3.8) is 0 Å². The van der Waals surface area contributed by atoms with Gasteiger partial charge in [-0.25, -0.2) is 0 Å². The Morgan fingerprint density at radius 1 is 0.968 bits per heavy atom. The summed E-state index contributed by atoms with van der Waals surface area (Å²) in [6.45, 7) is 1.48. The molecule has 14 heteroatoms. The topological polar surface area (TPSA) is 169 Å². The van der Waals surface area contributed by atoms with Gasteiger partial charge >= 0.3 is 6.08 Å². The molecule has 0 fully saturated rings. The third-order valence-corrected chi connectivity index (χ3v) is 6.06. The van der Waals surface area contributed by atoms with Crippen LogP contribution in [0.15, 0.2) is 52.3 Å². The van der Waals surface area contributed by atoms with Gasteiger partial charge in [-0.05, 0) is 55.0 Å². The van der Waals surface area contributed by atoms with Crippen molar-refractivity contribution in [2.45, 2.75) is 16.7 Å². The van der Waals surface area contributed by atoms with Crippen LogP contribution in [0, 0.1) is 13.0 Å². The van der Waals surface area contributed by atoms with Crippen LogP contribution in [0.2, 0.25) is 0 Å². The van der Waals surface area contributed by atoms with E-state index in [-0.39, 0.29) is 27.3 Å². The van der Waals surface area contributed by atoms with Gasteiger partial charge in [0, 0.05) is 18.4 Å². The Hall–Kier alpha value is -2.88. The number of hydrogen-bond donors (Lipinski definition) is 5. The Morgan fingerprint density at radius 3 is 2.16 bits per heavy atom. The van der Waals surface area contributed by atoms with E-state index < -0.39 is 27.1 Å². The van der Waals surface area contributed by atoms with Gasteiger partial charge in [-0.15, -0.1) is 0 Å². The van der Waals surface area contributed by atoms with Crippen LogP contribution < -0.4 is 10.2 Å². The summed E-state index contributed by atoms with van der Waals surface area (Å²) < 4.78 is 73.6. The van der Waals surface area contributed by atoms with Crippen molar-refractivity contribution in [1.29, 1.82) is 0 Å². The fraction of sp³-hybridized carbons (Fsp3) is 0.118. The summed E-state index contributed by atoms with van der Waals surface area (Å²) in [7, 11) is -6.69. The van der Waals surface area contributed by atoms with Gasteiger partial charge in [0.15, 0.2) is 0 Å². The monoisotopic (exact) mass is 471 g/mol. The zero-order valence-electron chi connectivity index (χ0n) is 16.1. The first-order valence-electron chi connectivity index (χ1n) is 8.46. The van der Waals surface area contributed by atoms with E-state index in [1.807, 2.05) is 0 Å². The van der Waals surface area contributed by atoms with Crippen LogP contribution in [0.1, 0.15) is 5.56 Å². The number of hydrogen-bond acceptors (Lipinski definition) is 10. The second kappa shape index (κ2) is 8.33. The Balaban J connectivity index is 1.87. The molecule has 0 amide bonds. The van der Waals surface area contributed by atoms with E-state index in [4.69, 9.17) is 0 Å². The molecule has 0 aliphatic heterocycles. The van der Waals surface area contributed by atoms with Gasteiger partial charge in [0.25, 0.3) is 10.1 Å². The number of nitrogens with zero attached hydrogens (tertiary/aromatic N) is 4. The fourth-order valence-corrected chi connectivity index (χ4v) is 3.87. The second-order valence-corrected chi connectivity index (χ2v) is 9.28. The molecule has 11 nitrogen and oxygen atoms in total. The molecule has 0 aliphatic carbocycles. The summed E-state index contributed by atoms with van der Waals surface area (Å²) in [5.74, 6) is -0.237. The lowest BCUT2D eigenvalue weighted by molar-refractivity contribution is 0.376. The first-order valence-corrected chi connectivity index (χ1v) is 11.4. The minimum Gasteiger partial charge on any atom is -0.324 e. The molecule has 0 atom stereocenters. The minimum absolute atomic E-state index is 0.0790. The lowest BCUT2D eigenvalue weighted by atomic mass is 10.2. The Labute approximate surface area is 178 Å². The van der Waals surface area contributed by atoms with Gasteiger partial charge in [-0.1, -0.05) is 0 Å². The summed E-state index contributed by atoms with van der Waals surface area (Å²) in [5.41, 5.74) is 1.06. The van der Waals surface area contributed by atoms with Crippen molar-refractivity contribution < 1.29 is 31.0 Å². The Bertz CT molecular complexity index is 1220. The molecular formula is C17H18FN5O6S2. The van der Waals surface area contributed by atoms with Crippen LogP contribution in [0.5, 0.6) is 0 Å². The highest BCUT2D eigenvalue weighted by molar-refractivity contribution is 8.19. The maximum atomic E-state index is 14.0. The molecule has 1 heterocycles. The van der Waals surface area contributed by atoms with E-state index in [0.29, 0.717) is 11.4 Å². The molecule has 1 aromatic heterocycles.